The highest BCUT2D eigenvalue weighted by molar-refractivity contribution is 6.08. The summed E-state index contributed by atoms with van der Waals surface area (Å²) in [5.41, 5.74) is 9.60. The molecule has 3 N–H and O–H groups in total. The number of ether oxygens (including phenoxy) is 1. The van der Waals surface area contributed by atoms with Crippen LogP contribution < -0.4 is 10.5 Å². The van der Waals surface area contributed by atoms with Crippen LogP contribution in [0, 0.1) is 24.6 Å². The minimum atomic E-state index is -0.257. The summed E-state index contributed by atoms with van der Waals surface area (Å²) in [7, 11) is 0. The van der Waals surface area contributed by atoms with Crippen molar-refractivity contribution in [2.45, 2.75) is 51.5 Å². The molecule has 9 heteroatoms. The van der Waals surface area contributed by atoms with Crippen molar-refractivity contribution >= 4 is 21.9 Å². The molecule has 1 aromatic carbocycles. The molecule has 2 aliphatic rings. The molecule has 4 atom stereocenters. The van der Waals surface area contributed by atoms with Gasteiger partial charge in [-0.3, -0.25) is 0 Å². The summed E-state index contributed by atoms with van der Waals surface area (Å²) in [6.07, 6.45) is 3.76. The second-order valence-electron chi connectivity index (χ2n) is 8.77. The van der Waals surface area contributed by atoms with Crippen molar-refractivity contribution < 1.29 is 13.5 Å². The molecule has 0 aliphatic heterocycles. The summed E-state index contributed by atoms with van der Waals surface area (Å²) < 4.78 is 25.5. The van der Waals surface area contributed by atoms with Crippen molar-refractivity contribution in [3.8, 4) is 12.1 Å². The zero-order chi connectivity index (χ0) is 21.3. The third-order valence-electron chi connectivity index (χ3n) is 6.94. The van der Waals surface area contributed by atoms with E-state index < -0.39 is 0 Å². The first kappa shape index (κ1) is 18.7. The van der Waals surface area contributed by atoms with E-state index in [9.17, 15) is 4.39 Å². The van der Waals surface area contributed by atoms with Gasteiger partial charge in [0.05, 0.1) is 11.2 Å². The summed E-state index contributed by atoms with van der Waals surface area (Å²) >= 11 is 0. The number of halogens is 1. The molecular formula is C22H23FN6O2. The van der Waals surface area contributed by atoms with Crippen LogP contribution in [0.4, 0.5) is 4.39 Å². The highest BCUT2D eigenvalue weighted by Crippen LogP contribution is 2.53. The van der Waals surface area contributed by atoms with Gasteiger partial charge in [-0.15, -0.1) is 5.10 Å². The number of aryl methyl sites for hydroxylation is 2. The summed E-state index contributed by atoms with van der Waals surface area (Å²) in [5.74, 6) is 1.33. The molecule has 0 spiro atoms. The van der Waals surface area contributed by atoms with E-state index >= 15 is 0 Å². The number of aromatic amines is 1. The van der Waals surface area contributed by atoms with Crippen molar-refractivity contribution in [2.24, 2.45) is 17.6 Å². The molecule has 3 heterocycles. The van der Waals surface area contributed by atoms with Crippen LogP contribution >= 0.6 is 0 Å². The Morgan fingerprint density at radius 2 is 2.06 bits per heavy atom. The lowest BCUT2D eigenvalue weighted by atomic mass is 9.83. The summed E-state index contributed by atoms with van der Waals surface area (Å²) in [6, 6.07) is 3.53. The molecule has 8 nitrogen and oxygen atoms in total. The normalized spacial score (nSPS) is 25.2. The highest BCUT2D eigenvalue weighted by Gasteiger charge is 2.46. The topological polar surface area (TPSA) is 116 Å². The summed E-state index contributed by atoms with van der Waals surface area (Å²) in [5, 5.41) is 9.35. The Labute approximate surface area is 177 Å². The molecule has 2 bridgehead atoms. The lowest BCUT2D eigenvalue weighted by molar-refractivity contribution is 0.303. The van der Waals surface area contributed by atoms with E-state index in [2.05, 4.69) is 20.2 Å². The molecule has 160 valence electrons. The number of nitrogens with zero attached hydrogens (tertiary/aromatic N) is 4. The van der Waals surface area contributed by atoms with E-state index in [0.29, 0.717) is 29.8 Å². The Morgan fingerprint density at radius 1 is 1.19 bits per heavy atom. The molecule has 2 fully saturated rings. The smallest absolute Gasteiger partial charge is 0.393 e. The molecular weight excluding hydrogens is 399 g/mol. The maximum absolute atomic E-state index is 14.4. The predicted molar refractivity (Wildman–Crippen MR) is 111 cm³/mol. The van der Waals surface area contributed by atoms with Gasteiger partial charge in [0.2, 0.25) is 5.89 Å². The average Bonchev–Trinajstić information content (AvgIpc) is 3.50. The van der Waals surface area contributed by atoms with Crippen molar-refractivity contribution in [1.82, 2.24) is 25.1 Å². The number of benzene rings is 1. The van der Waals surface area contributed by atoms with E-state index in [-0.39, 0.29) is 29.9 Å². The predicted octanol–water partition coefficient (Wildman–Crippen LogP) is 4.14. The number of nitrogens with two attached hydrogens (primary N) is 1. The number of H-pyrrole nitrogens is 1. The van der Waals surface area contributed by atoms with Crippen LogP contribution in [0.25, 0.3) is 21.9 Å². The molecule has 1 unspecified atom stereocenters. The third-order valence-corrected chi connectivity index (χ3v) is 6.94. The number of hydrogen-bond donors (Lipinski definition) is 2. The van der Waals surface area contributed by atoms with Crippen LogP contribution in [0.1, 0.15) is 49.3 Å². The third kappa shape index (κ3) is 2.90. The Bertz CT molecular complexity index is 1310. The number of nitrogens with one attached hydrogen (secondary N) is 1. The van der Waals surface area contributed by atoms with Gasteiger partial charge in [0.25, 0.3) is 0 Å². The van der Waals surface area contributed by atoms with Crippen LogP contribution in [0.15, 0.2) is 16.5 Å². The molecule has 0 amide bonds. The first-order valence-electron chi connectivity index (χ1n) is 10.8. The molecule has 0 saturated heterocycles. The molecule has 6 rings (SSSR count). The molecule has 3 aromatic heterocycles. The quantitative estimate of drug-likeness (QED) is 0.508. The van der Waals surface area contributed by atoms with E-state index in [1.807, 2.05) is 6.92 Å². The second-order valence-corrected chi connectivity index (χ2v) is 8.77. The number of aromatic nitrogens is 5. The SMILES string of the molecule is CCc1cc(F)cc2c1[nH]c1nc(Oc3nnc(C)o3)nc(C3C[C@H]4C[C@@H]3C[C@H]4N)c12. The Kier molecular flexibility index (Phi) is 4.05. The summed E-state index contributed by atoms with van der Waals surface area (Å²) in [4.78, 5) is 12.7. The van der Waals surface area contributed by atoms with Crippen molar-refractivity contribution in [3.05, 3.63) is 35.1 Å². The standard InChI is InChI=1S/C22H23FN6O2/c1-3-10-5-13(23)8-15-17-19(14-6-12-4-11(14)7-16(12)24)26-21(27-20(17)25-18(10)15)31-22-29-28-9(2)30-22/h5,8,11-12,14,16H,3-4,6-7,24H2,1-2H3,(H,25,26,27)/t11-,12-,14?,16-/m1/s1. The first-order chi connectivity index (χ1) is 15.0. The van der Waals surface area contributed by atoms with E-state index in [1.54, 1.807) is 19.1 Å². The Morgan fingerprint density at radius 3 is 2.74 bits per heavy atom. The van der Waals surface area contributed by atoms with Crippen LogP contribution in [-0.2, 0) is 6.42 Å². The van der Waals surface area contributed by atoms with Crippen LogP contribution in [0.2, 0.25) is 0 Å². The number of hydrogen-bond acceptors (Lipinski definition) is 7. The number of fused-ring (bicyclic) bond motifs is 5. The molecule has 4 aromatic rings. The van der Waals surface area contributed by atoms with Gasteiger partial charge in [-0.2, -0.15) is 9.97 Å². The van der Waals surface area contributed by atoms with E-state index in [4.69, 9.17) is 19.9 Å². The van der Waals surface area contributed by atoms with Gasteiger partial charge in [0.15, 0.2) is 0 Å². The van der Waals surface area contributed by atoms with Gasteiger partial charge in [-0.25, -0.2) is 4.39 Å². The Hall–Kier alpha value is -3.07. The fourth-order valence-electron chi connectivity index (χ4n) is 5.58. The van der Waals surface area contributed by atoms with Crippen molar-refractivity contribution in [2.75, 3.05) is 0 Å². The average molecular weight is 422 g/mol. The molecule has 2 saturated carbocycles. The summed E-state index contributed by atoms with van der Waals surface area (Å²) in [6.45, 7) is 3.70. The van der Waals surface area contributed by atoms with Gasteiger partial charge >= 0.3 is 12.1 Å². The zero-order valence-corrected chi connectivity index (χ0v) is 17.4. The zero-order valence-electron chi connectivity index (χ0n) is 17.4. The largest absolute Gasteiger partial charge is 0.422 e. The fraction of sp³-hybridized carbons (Fsp3) is 0.455. The molecule has 2 aliphatic carbocycles. The van der Waals surface area contributed by atoms with Gasteiger partial charge in [-0.1, -0.05) is 12.0 Å². The van der Waals surface area contributed by atoms with Crippen LogP contribution in [0.5, 0.6) is 12.1 Å². The lowest BCUT2D eigenvalue weighted by Crippen LogP contribution is -2.29. The number of rotatable bonds is 4. The van der Waals surface area contributed by atoms with Gasteiger partial charge in [0.1, 0.15) is 11.5 Å². The van der Waals surface area contributed by atoms with E-state index in [1.165, 1.54) is 0 Å². The monoisotopic (exact) mass is 422 g/mol. The lowest BCUT2D eigenvalue weighted by Gasteiger charge is -2.25. The minimum absolute atomic E-state index is 0.00540. The van der Waals surface area contributed by atoms with Crippen LogP contribution in [-0.4, -0.2) is 31.2 Å². The van der Waals surface area contributed by atoms with Crippen molar-refractivity contribution in [3.63, 3.8) is 0 Å². The fourth-order valence-corrected chi connectivity index (χ4v) is 5.58. The van der Waals surface area contributed by atoms with Gasteiger partial charge < -0.3 is 19.9 Å². The van der Waals surface area contributed by atoms with Gasteiger partial charge in [-0.05, 0) is 55.2 Å². The van der Waals surface area contributed by atoms with E-state index in [0.717, 1.165) is 46.8 Å². The maximum atomic E-state index is 14.4. The molecule has 0 radical (unpaired) electrons. The maximum Gasteiger partial charge on any atom is 0.422 e. The van der Waals surface area contributed by atoms with Crippen LogP contribution in [0.3, 0.4) is 0 Å². The first-order valence-corrected chi connectivity index (χ1v) is 10.8. The molecule has 31 heavy (non-hydrogen) atoms. The highest BCUT2D eigenvalue weighted by atomic mass is 19.1. The van der Waals surface area contributed by atoms with Crippen molar-refractivity contribution in [1.29, 1.82) is 0 Å². The minimum Gasteiger partial charge on any atom is -0.393 e. The van der Waals surface area contributed by atoms with Gasteiger partial charge in [0, 0.05) is 29.7 Å². The second kappa shape index (κ2) is 6.71. The Balaban J connectivity index is 1.56.